The lowest BCUT2D eigenvalue weighted by molar-refractivity contribution is 0.0239. The van der Waals surface area contributed by atoms with Crippen molar-refractivity contribution in [2.24, 2.45) is 5.73 Å². The Hall–Kier alpha value is -0.120. The molecule has 1 aliphatic rings. The van der Waals surface area contributed by atoms with Crippen LogP contribution in [0.25, 0.3) is 0 Å². The molecule has 0 aromatic heterocycles. The third-order valence-electron chi connectivity index (χ3n) is 4.27. The van der Waals surface area contributed by atoms with Crippen molar-refractivity contribution in [3.05, 3.63) is 0 Å². The van der Waals surface area contributed by atoms with E-state index < -0.39 is 5.60 Å². The zero-order valence-electron chi connectivity index (χ0n) is 11.8. The minimum absolute atomic E-state index is 0.343. The molecule has 0 radical (unpaired) electrons. The molecule has 0 aromatic carbocycles. The normalized spacial score (nSPS) is 24.4. The second-order valence-corrected chi connectivity index (χ2v) is 6.07. The largest absolute Gasteiger partial charge is 0.389 e. The van der Waals surface area contributed by atoms with Gasteiger partial charge in [-0.2, -0.15) is 0 Å². The average Bonchev–Trinajstić information content (AvgIpc) is 2.56. The zero-order valence-corrected chi connectivity index (χ0v) is 11.8. The van der Waals surface area contributed by atoms with Crippen molar-refractivity contribution in [1.29, 1.82) is 0 Å². The summed E-state index contributed by atoms with van der Waals surface area (Å²) < 4.78 is 0. The fraction of sp³-hybridized carbons (Fsp3) is 1.00. The van der Waals surface area contributed by atoms with Gasteiger partial charge < -0.3 is 15.7 Å². The highest BCUT2D eigenvalue weighted by Crippen LogP contribution is 2.24. The molecule has 0 heterocycles. The summed E-state index contributed by atoms with van der Waals surface area (Å²) >= 11 is 0. The Kier molecular flexibility index (Phi) is 5.90. The zero-order chi connectivity index (χ0) is 12.9. The quantitative estimate of drug-likeness (QED) is 0.726. The van der Waals surface area contributed by atoms with Crippen molar-refractivity contribution in [2.75, 3.05) is 13.6 Å². The van der Waals surface area contributed by atoms with E-state index in [-0.39, 0.29) is 0 Å². The van der Waals surface area contributed by atoms with E-state index in [2.05, 4.69) is 18.9 Å². The first kappa shape index (κ1) is 14.9. The lowest BCUT2D eigenvalue weighted by atomic mass is 9.95. The molecule has 0 amide bonds. The van der Waals surface area contributed by atoms with Crippen LogP contribution in [0, 0.1) is 0 Å². The predicted molar refractivity (Wildman–Crippen MR) is 73.0 cm³/mol. The van der Waals surface area contributed by atoms with Crippen LogP contribution in [0.1, 0.15) is 58.8 Å². The third kappa shape index (κ3) is 4.94. The topological polar surface area (TPSA) is 49.5 Å². The van der Waals surface area contributed by atoms with Gasteiger partial charge in [-0.25, -0.2) is 0 Å². The first-order chi connectivity index (χ1) is 7.96. The summed E-state index contributed by atoms with van der Waals surface area (Å²) in [6.07, 6.45) is 8.87. The number of nitrogens with two attached hydrogens (primary N) is 1. The Morgan fingerprint density at radius 2 is 1.82 bits per heavy atom. The minimum Gasteiger partial charge on any atom is -0.389 e. The fourth-order valence-electron chi connectivity index (χ4n) is 2.89. The van der Waals surface area contributed by atoms with Crippen molar-refractivity contribution in [1.82, 2.24) is 4.90 Å². The highest BCUT2D eigenvalue weighted by Gasteiger charge is 2.27. The molecule has 0 saturated heterocycles. The van der Waals surface area contributed by atoms with E-state index in [9.17, 15) is 5.11 Å². The van der Waals surface area contributed by atoms with Gasteiger partial charge in [-0.15, -0.1) is 0 Å². The first-order valence-electron chi connectivity index (χ1n) is 7.10. The van der Waals surface area contributed by atoms with Crippen molar-refractivity contribution >= 4 is 0 Å². The third-order valence-corrected chi connectivity index (χ3v) is 4.27. The van der Waals surface area contributed by atoms with Crippen LogP contribution >= 0.6 is 0 Å². The summed E-state index contributed by atoms with van der Waals surface area (Å²) in [5.74, 6) is 0. The first-order valence-corrected chi connectivity index (χ1v) is 7.10. The van der Waals surface area contributed by atoms with Gasteiger partial charge in [-0.05, 0) is 40.2 Å². The van der Waals surface area contributed by atoms with E-state index in [0.29, 0.717) is 18.6 Å². The number of hydrogen-bond donors (Lipinski definition) is 2. The Morgan fingerprint density at radius 3 is 2.29 bits per heavy atom. The van der Waals surface area contributed by atoms with Crippen molar-refractivity contribution < 1.29 is 5.11 Å². The molecule has 0 aliphatic heterocycles. The fourth-order valence-corrected chi connectivity index (χ4v) is 2.89. The van der Waals surface area contributed by atoms with Crippen LogP contribution in [-0.2, 0) is 0 Å². The molecular formula is C14H30N2O. The van der Waals surface area contributed by atoms with Gasteiger partial charge in [0.25, 0.3) is 0 Å². The van der Waals surface area contributed by atoms with Crippen LogP contribution in [0.2, 0.25) is 0 Å². The maximum absolute atomic E-state index is 10.0. The molecule has 1 saturated carbocycles. The van der Waals surface area contributed by atoms with E-state index in [0.717, 1.165) is 6.42 Å². The summed E-state index contributed by atoms with van der Waals surface area (Å²) in [6, 6.07) is 1.10. The van der Waals surface area contributed by atoms with Crippen molar-refractivity contribution in [3.63, 3.8) is 0 Å². The van der Waals surface area contributed by atoms with E-state index in [1.165, 1.54) is 38.5 Å². The molecule has 3 heteroatoms. The minimum atomic E-state index is -0.724. The van der Waals surface area contributed by atoms with Gasteiger partial charge in [0.2, 0.25) is 0 Å². The molecule has 1 aliphatic carbocycles. The van der Waals surface area contributed by atoms with Gasteiger partial charge in [0, 0.05) is 18.6 Å². The van der Waals surface area contributed by atoms with Crippen molar-refractivity contribution in [3.8, 4) is 0 Å². The number of hydrogen-bond acceptors (Lipinski definition) is 3. The molecule has 3 N–H and O–H groups in total. The molecule has 3 nitrogen and oxygen atoms in total. The van der Waals surface area contributed by atoms with Crippen LogP contribution in [0.5, 0.6) is 0 Å². The number of nitrogens with zero attached hydrogens (tertiary/aromatic N) is 1. The summed E-state index contributed by atoms with van der Waals surface area (Å²) in [5.41, 5.74) is 4.87. The van der Waals surface area contributed by atoms with Gasteiger partial charge in [0.15, 0.2) is 0 Å². The molecule has 2 unspecified atom stereocenters. The predicted octanol–water partition coefficient (Wildman–Crippen LogP) is 2.13. The van der Waals surface area contributed by atoms with Gasteiger partial charge in [-0.1, -0.05) is 25.7 Å². The summed E-state index contributed by atoms with van der Waals surface area (Å²) in [4.78, 5) is 2.45. The van der Waals surface area contributed by atoms with Crippen LogP contribution < -0.4 is 5.73 Å². The van der Waals surface area contributed by atoms with Crippen LogP contribution in [-0.4, -0.2) is 41.3 Å². The molecule has 17 heavy (non-hydrogen) atoms. The SMILES string of the molecule is CC(CC(C)(O)CN)N(C)C1CCCCCC1. The van der Waals surface area contributed by atoms with Gasteiger partial charge in [-0.3, -0.25) is 0 Å². The highest BCUT2D eigenvalue weighted by atomic mass is 16.3. The van der Waals surface area contributed by atoms with E-state index in [4.69, 9.17) is 5.73 Å². The van der Waals surface area contributed by atoms with Gasteiger partial charge >= 0.3 is 0 Å². The second kappa shape index (κ2) is 6.72. The Morgan fingerprint density at radius 1 is 1.29 bits per heavy atom. The molecule has 0 spiro atoms. The van der Waals surface area contributed by atoms with Crippen LogP contribution in [0.4, 0.5) is 0 Å². The van der Waals surface area contributed by atoms with E-state index >= 15 is 0 Å². The van der Waals surface area contributed by atoms with E-state index in [1.54, 1.807) is 0 Å². The molecule has 2 atom stereocenters. The molecule has 1 fully saturated rings. The Balaban J connectivity index is 2.46. The maximum atomic E-state index is 10.0. The average molecular weight is 242 g/mol. The number of rotatable bonds is 5. The molecule has 1 rings (SSSR count). The lowest BCUT2D eigenvalue weighted by Crippen LogP contribution is -2.45. The molecular weight excluding hydrogens is 212 g/mol. The van der Waals surface area contributed by atoms with Crippen LogP contribution in [0.15, 0.2) is 0 Å². The Bertz CT molecular complexity index is 210. The summed E-state index contributed by atoms with van der Waals surface area (Å²) in [6.45, 7) is 4.38. The van der Waals surface area contributed by atoms with Gasteiger partial charge in [0.1, 0.15) is 0 Å². The van der Waals surface area contributed by atoms with Gasteiger partial charge in [0.05, 0.1) is 5.60 Å². The molecule has 0 bridgehead atoms. The number of aliphatic hydroxyl groups is 1. The second-order valence-electron chi connectivity index (χ2n) is 6.07. The van der Waals surface area contributed by atoms with Crippen molar-refractivity contribution in [2.45, 2.75) is 76.5 Å². The maximum Gasteiger partial charge on any atom is 0.0756 e. The van der Waals surface area contributed by atoms with E-state index in [1.807, 2.05) is 6.92 Å². The lowest BCUT2D eigenvalue weighted by Gasteiger charge is -2.36. The monoisotopic (exact) mass is 242 g/mol. The summed E-state index contributed by atoms with van der Waals surface area (Å²) in [7, 11) is 2.20. The smallest absolute Gasteiger partial charge is 0.0756 e. The summed E-state index contributed by atoms with van der Waals surface area (Å²) in [5, 5.41) is 10.0. The molecule has 0 aromatic rings. The highest BCUT2D eigenvalue weighted by molar-refractivity contribution is 4.83. The Labute approximate surface area is 106 Å². The molecule has 102 valence electrons. The standard InChI is InChI=1S/C14H30N2O/c1-12(10-14(2,17)11-15)16(3)13-8-6-4-5-7-9-13/h12-13,17H,4-11,15H2,1-3H3. The van der Waals surface area contributed by atoms with Crippen LogP contribution in [0.3, 0.4) is 0 Å².